The van der Waals surface area contributed by atoms with Crippen molar-refractivity contribution in [2.24, 2.45) is 0 Å². The van der Waals surface area contributed by atoms with E-state index in [1.54, 1.807) is 0 Å². The van der Waals surface area contributed by atoms with Crippen LogP contribution in [0, 0.1) is 5.82 Å². The van der Waals surface area contributed by atoms with Crippen LogP contribution in [0.3, 0.4) is 0 Å². The highest BCUT2D eigenvalue weighted by Crippen LogP contribution is 2.36. The lowest BCUT2D eigenvalue weighted by atomic mass is 10.2. The summed E-state index contributed by atoms with van der Waals surface area (Å²) < 4.78 is 55.0. The summed E-state index contributed by atoms with van der Waals surface area (Å²) in [5.41, 5.74) is -0.912. The number of ether oxygens (including phenoxy) is 1. The average molecular weight is 240 g/mol. The molecule has 0 saturated heterocycles. The lowest BCUT2D eigenvalue weighted by Gasteiger charge is -2.11. The van der Waals surface area contributed by atoms with Crippen molar-refractivity contribution in [1.29, 1.82) is 0 Å². The van der Waals surface area contributed by atoms with Crippen LogP contribution >= 0.6 is 11.8 Å². The third-order valence-electron chi connectivity index (χ3n) is 1.77. The Morgan fingerprint density at radius 2 is 1.87 bits per heavy atom. The second-order valence-corrected chi connectivity index (χ2v) is 3.54. The quantitative estimate of drug-likeness (QED) is 0.577. The molecule has 0 fully saturated rings. The SMILES string of the molecule is COc1cc(C(F)(F)F)cc(SC)c1F. The highest BCUT2D eigenvalue weighted by atomic mass is 32.2. The molecule has 0 heterocycles. The predicted molar refractivity (Wildman–Crippen MR) is 49.7 cm³/mol. The Hall–Kier alpha value is -0.910. The van der Waals surface area contributed by atoms with Crippen LogP contribution in [0.1, 0.15) is 5.56 Å². The van der Waals surface area contributed by atoms with Gasteiger partial charge in [-0.15, -0.1) is 11.8 Å². The van der Waals surface area contributed by atoms with Crippen LogP contribution in [-0.4, -0.2) is 13.4 Å². The summed E-state index contributed by atoms with van der Waals surface area (Å²) >= 11 is 0.900. The van der Waals surface area contributed by atoms with Crippen LogP contribution in [0.25, 0.3) is 0 Å². The molecular formula is C9H8F4OS. The van der Waals surface area contributed by atoms with E-state index in [1.165, 1.54) is 6.26 Å². The van der Waals surface area contributed by atoms with Crippen molar-refractivity contribution in [3.8, 4) is 5.75 Å². The lowest BCUT2D eigenvalue weighted by molar-refractivity contribution is -0.137. The molecule has 84 valence electrons. The molecule has 1 aromatic rings. The van der Waals surface area contributed by atoms with E-state index >= 15 is 0 Å². The van der Waals surface area contributed by atoms with Crippen molar-refractivity contribution in [2.45, 2.75) is 11.1 Å². The van der Waals surface area contributed by atoms with Crippen LogP contribution in [0.4, 0.5) is 17.6 Å². The summed E-state index contributed by atoms with van der Waals surface area (Å²) in [5, 5.41) is 0. The van der Waals surface area contributed by atoms with E-state index in [4.69, 9.17) is 0 Å². The number of thioether (sulfide) groups is 1. The van der Waals surface area contributed by atoms with Crippen molar-refractivity contribution < 1.29 is 22.3 Å². The fraction of sp³-hybridized carbons (Fsp3) is 0.333. The Morgan fingerprint density at radius 1 is 1.27 bits per heavy atom. The third-order valence-corrected chi connectivity index (χ3v) is 2.51. The smallest absolute Gasteiger partial charge is 0.416 e. The number of rotatable bonds is 2. The van der Waals surface area contributed by atoms with Crippen molar-refractivity contribution >= 4 is 11.8 Å². The van der Waals surface area contributed by atoms with Crippen LogP contribution in [0.15, 0.2) is 17.0 Å². The zero-order valence-corrected chi connectivity index (χ0v) is 8.80. The first-order valence-electron chi connectivity index (χ1n) is 3.89. The molecule has 0 aliphatic carbocycles. The highest BCUT2D eigenvalue weighted by Gasteiger charge is 2.32. The molecule has 0 bridgehead atoms. The van der Waals surface area contributed by atoms with Gasteiger partial charge in [-0.05, 0) is 18.4 Å². The van der Waals surface area contributed by atoms with E-state index in [-0.39, 0.29) is 4.90 Å². The van der Waals surface area contributed by atoms with Gasteiger partial charge in [-0.25, -0.2) is 4.39 Å². The Labute approximate surface area is 88.4 Å². The van der Waals surface area contributed by atoms with Gasteiger partial charge >= 0.3 is 6.18 Å². The molecule has 6 heteroatoms. The topological polar surface area (TPSA) is 9.23 Å². The molecule has 0 aliphatic rings. The van der Waals surface area contributed by atoms with Crippen LogP contribution in [-0.2, 0) is 6.18 Å². The summed E-state index contributed by atoms with van der Waals surface area (Å²) in [4.78, 5) is -0.0818. The predicted octanol–water partition coefficient (Wildman–Crippen LogP) is 3.58. The standard InChI is InChI=1S/C9H8F4OS/c1-14-6-3-5(9(11,12)13)4-7(15-2)8(6)10/h3-4H,1-2H3. The van der Waals surface area contributed by atoms with E-state index in [2.05, 4.69) is 4.74 Å². The van der Waals surface area contributed by atoms with E-state index < -0.39 is 23.3 Å². The fourth-order valence-corrected chi connectivity index (χ4v) is 1.56. The first-order chi connectivity index (χ1) is 6.90. The van der Waals surface area contributed by atoms with E-state index in [0.717, 1.165) is 24.9 Å². The van der Waals surface area contributed by atoms with Gasteiger partial charge in [0, 0.05) is 4.90 Å². The summed E-state index contributed by atoms with van der Waals surface area (Å²) in [5.74, 6) is -1.16. The molecule has 0 aromatic heterocycles. The maximum absolute atomic E-state index is 13.3. The third kappa shape index (κ3) is 2.56. The van der Waals surface area contributed by atoms with E-state index in [0.29, 0.717) is 6.07 Å². The monoisotopic (exact) mass is 240 g/mol. The summed E-state index contributed by atoms with van der Waals surface area (Å²) in [6, 6.07) is 1.41. The van der Waals surface area contributed by atoms with Gasteiger partial charge < -0.3 is 4.74 Å². The average Bonchev–Trinajstić information content (AvgIpc) is 2.16. The van der Waals surface area contributed by atoms with Crippen LogP contribution in [0.5, 0.6) is 5.75 Å². The second kappa shape index (κ2) is 4.30. The maximum Gasteiger partial charge on any atom is 0.416 e. The van der Waals surface area contributed by atoms with Gasteiger partial charge in [0.2, 0.25) is 0 Å². The zero-order valence-electron chi connectivity index (χ0n) is 7.98. The molecule has 0 N–H and O–H groups in total. The molecule has 1 nitrogen and oxygen atoms in total. The molecular weight excluding hydrogens is 232 g/mol. The minimum absolute atomic E-state index is 0.0818. The van der Waals surface area contributed by atoms with Gasteiger partial charge in [0.05, 0.1) is 12.7 Å². The molecule has 0 aliphatic heterocycles. The molecule has 0 atom stereocenters. The number of benzene rings is 1. The first kappa shape index (κ1) is 12.2. The summed E-state index contributed by atoms with van der Waals surface area (Å²) in [6.45, 7) is 0. The fourth-order valence-electron chi connectivity index (χ4n) is 1.03. The summed E-state index contributed by atoms with van der Waals surface area (Å²) in [7, 11) is 1.13. The summed E-state index contributed by atoms with van der Waals surface area (Å²) in [6.07, 6.45) is -3.00. The normalized spacial score (nSPS) is 11.6. The van der Waals surface area contributed by atoms with E-state index in [1.807, 2.05) is 0 Å². The molecule has 0 radical (unpaired) electrons. The minimum Gasteiger partial charge on any atom is -0.494 e. The molecule has 0 spiro atoms. The first-order valence-corrected chi connectivity index (χ1v) is 5.11. The molecule has 15 heavy (non-hydrogen) atoms. The number of methoxy groups -OCH3 is 1. The lowest BCUT2D eigenvalue weighted by Crippen LogP contribution is -2.06. The second-order valence-electron chi connectivity index (χ2n) is 2.69. The molecule has 0 unspecified atom stereocenters. The van der Waals surface area contributed by atoms with Crippen molar-refractivity contribution in [3.05, 3.63) is 23.5 Å². The maximum atomic E-state index is 13.3. The Kier molecular flexibility index (Phi) is 3.49. The number of halogens is 4. The Balaban J connectivity index is 3.33. The van der Waals surface area contributed by atoms with Crippen molar-refractivity contribution in [2.75, 3.05) is 13.4 Å². The van der Waals surface area contributed by atoms with Crippen LogP contribution < -0.4 is 4.74 Å². The van der Waals surface area contributed by atoms with Gasteiger partial charge in [0.15, 0.2) is 11.6 Å². The molecule has 1 rings (SSSR count). The number of hydrogen-bond acceptors (Lipinski definition) is 2. The van der Waals surface area contributed by atoms with Crippen molar-refractivity contribution in [1.82, 2.24) is 0 Å². The van der Waals surface area contributed by atoms with Gasteiger partial charge in [-0.3, -0.25) is 0 Å². The minimum atomic E-state index is -4.49. The zero-order chi connectivity index (χ0) is 11.6. The Morgan fingerprint density at radius 3 is 2.27 bits per heavy atom. The van der Waals surface area contributed by atoms with E-state index in [9.17, 15) is 17.6 Å². The van der Waals surface area contributed by atoms with Crippen LogP contribution in [0.2, 0.25) is 0 Å². The molecule has 0 amide bonds. The van der Waals surface area contributed by atoms with Gasteiger partial charge in [-0.2, -0.15) is 13.2 Å². The molecule has 0 saturated carbocycles. The van der Waals surface area contributed by atoms with Gasteiger partial charge in [0.25, 0.3) is 0 Å². The van der Waals surface area contributed by atoms with Gasteiger partial charge in [-0.1, -0.05) is 0 Å². The molecule has 1 aromatic carbocycles. The number of alkyl halides is 3. The largest absolute Gasteiger partial charge is 0.494 e. The van der Waals surface area contributed by atoms with Crippen molar-refractivity contribution in [3.63, 3.8) is 0 Å². The number of hydrogen-bond donors (Lipinski definition) is 0. The van der Waals surface area contributed by atoms with Gasteiger partial charge in [0.1, 0.15) is 0 Å². The Bertz CT molecular complexity index is 337. The highest BCUT2D eigenvalue weighted by molar-refractivity contribution is 7.98.